The number of nitrogens with zero attached hydrogens (tertiary/aromatic N) is 1. The van der Waals surface area contributed by atoms with Crippen molar-refractivity contribution < 1.29 is 4.74 Å². The summed E-state index contributed by atoms with van der Waals surface area (Å²) in [5, 5.41) is 3.47. The molecule has 0 bridgehead atoms. The Labute approximate surface area is 153 Å². The van der Waals surface area contributed by atoms with Crippen LogP contribution in [0.4, 0.5) is 0 Å². The Balaban J connectivity index is 0.00000208. The predicted octanol–water partition coefficient (Wildman–Crippen LogP) is 3.76. The van der Waals surface area contributed by atoms with E-state index in [1.54, 1.807) is 7.11 Å². The number of methoxy groups -OCH3 is 1. The van der Waals surface area contributed by atoms with Crippen molar-refractivity contribution in [2.24, 2.45) is 11.8 Å². The van der Waals surface area contributed by atoms with Crippen molar-refractivity contribution in [1.82, 2.24) is 10.2 Å². The number of hydrogen-bond acceptors (Lipinski definition) is 3. The minimum Gasteiger partial charge on any atom is -0.497 e. The first-order valence-electron chi connectivity index (χ1n) is 9.39. The van der Waals surface area contributed by atoms with Crippen molar-refractivity contribution in [3.63, 3.8) is 0 Å². The average Bonchev–Trinajstić information content (AvgIpc) is 2.62. The van der Waals surface area contributed by atoms with Crippen LogP contribution in [0.3, 0.4) is 0 Å². The highest BCUT2D eigenvalue weighted by Gasteiger charge is 2.22. The number of likely N-dealkylation sites (tertiary alicyclic amines) is 1. The van der Waals surface area contributed by atoms with Crippen molar-refractivity contribution >= 4 is 12.4 Å². The summed E-state index contributed by atoms with van der Waals surface area (Å²) < 4.78 is 5.23. The molecule has 2 heterocycles. The molecule has 1 aromatic carbocycles. The van der Waals surface area contributed by atoms with Crippen LogP contribution in [-0.2, 0) is 6.42 Å². The topological polar surface area (TPSA) is 24.5 Å². The van der Waals surface area contributed by atoms with Gasteiger partial charge in [0.15, 0.2) is 0 Å². The molecular formula is C20H33ClN2O. The fraction of sp³-hybridized carbons (Fsp3) is 0.700. The molecule has 0 unspecified atom stereocenters. The van der Waals surface area contributed by atoms with E-state index in [9.17, 15) is 0 Å². The van der Waals surface area contributed by atoms with Crippen LogP contribution >= 0.6 is 12.4 Å². The molecule has 3 nitrogen and oxygen atoms in total. The molecule has 24 heavy (non-hydrogen) atoms. The SMILES string of the molecule is COc1ccc(CCC2CCN(CC3CCNCC3)CC2)cc1.Cl. The standard InChI is InChI=1S/C20H32N2O.ClH/c1-23-20-6-4-17(5-7-20)2-3-18-10-14-22(15-11-18)16-19-8-12-21-13-9-19;/h4-7,18-19,21H,2-3,8-16H2,1H3;1H. The van der Waals surface area contributed by atoms with E-state index in [0.29, 0.717) is 0 Å². The molecule has 2 aliphatic rings. The van der Waals surface area contributed by atoms with Gasteiger partial charge in [0.1, 0.15) is 5.75 Å². The molecule has 0 radical (unpaired) electrons. The summed E-state index contributed by atoms with van der Waals surface area (Å²) in [5.41, 5.74) is 1.45. The lowest BCUT2D eigenvalue weighted by Gasteiger charge is -2.35. The number of hydrogen-bond donors (Lipinski definition) is 1. The summed E-state index contributed by atoms with van der Waals surface area (Å²) in [6, 6.07) is 8.59. The number of piperidine rings is 2. The van der Waals surface area contributed by atoms with Crippen molar-refractivity contribution in [2.45, 2.75) is 38.5 Å². The summed E-state index contributed by atoms with van der Waals surface area (Å²) in [4.78, 5) is 2.72. The molecule has 2 saturated heterocycles. The Kier molecular flexibility index (Phi) is 8.37. The normalized spacial score (nSPS) is 20.5. The van der Waals surface area contributed by atoms with Crippen molar-refractivity contribution in [2.75, 3.05) is 39.8 Å². The first-order chi connectivity index (χ1) is 11.3. The summed E-state index contributed by atoms with van der Waals surface area (Å²) in [7, 11) is 1.73. The Morgan fingerprint density at radius 1 is 1.00 bits per heavy atom. The molecule has 2 aliphatic heterocycles. The van der Waals surface area contributed by atoms with E-state index in [1.165, 1.54) is 76.8 Å². The van der Waals surface area contributed by atoms with Gasteiger partial charge in [0.2, 0.25) is 0 Å². The molecule has 0 atom stereocenters. The number of aryl methyl sites for hydroxylation is 1. The quantitative estimate of drug-likeness (QED) is 0.843. The fourth-order valence-electron chi connectivity index (χ4n) is 4.05. The minimum atomic E-state index is 0. The molecule has 3 rings (SSSR count). The van der Waals surface area contributed by atoms with Crippen LogP contribution in [0.1, 0.15) is 37.7 Å². The smallest absolute Gasteiger partial charge is 0.118 e. The summed E-state index contributed by atoms with van der Waals surface area (Å²) in [6.07, 6.45) is 8.08. The van der Waals surface area contributed by atoms with E-state index < -0.39 is 0 Å². The molecule has 1 aromatic rings. The van der Waals surface area contributed by atoms with Gasteiger partial charge in [-0.2, -0.15) is 0 Å². The average molecular weight is 353 g/mol. The van der Waals surface area contributed by atoms with Gasteiger partial charge in [-0.3, -0.25) is 0 Å². The third-order valence-electron chi connectivity index (χ3n) is 5.68. The zero-order valence-electron chi connectivity index (χ0n) is 15.0. The maximum Gasteiger partial charge on any atom is 0.118 e. The molecule has 0 aliphatic carbocycles. The highest BCUT2D eigenvalue weighted by atomic mass is 35.5. The van der Waals surface area contributed by atoms with Crippen molar-refractivity contribution in [3.05, 3.63) is 29.8 Å². The Morgan fingerprint density at radius 2 is 1.67 bits per heavy atom. The largest absolute Gasteiger partial charge is 0.497 e. The van der Waals surface area contributed by atoms with Gasteiger partial charge in [-0.15, -0.1) is 12.4 Å². The molecule has 4 heteroatoms. The number of halogens is 1. The van der Waals surface area contributed by atoms with Crippen LogP contribution in [0.25, 0.3) is 0 Å². The van der Waals surface area contributed by atoms with Gasteiger partial charge in [0, 0.05) is 6.54 Å². The first kappa shape index (κ1) is 19.6. The Hall–Kier alpha value is -0.770. The third-order valence-corrected chi connectivity index (χ3v) is 5.68. The predicted molar refractivity (Wildman–Crippen MR) is 103 cm³/mol. The lowest BCUT2D eigenvalue weighted by Crippen LogP contribution is -2.40. The third kappa shape index (κ3) is 5.94. The molecular weight excluding hydrogens is 320 g/mol. The number of rotatable bonds is 6. The zero-order chi connectivity index (χ0) is 15.9. The lowest BCUT2D eigenvalue weighted by molar-refractivity contribution is 0.145. The van der Waals surface area contributed by atoms with Gasteiger partial charge in [0.05, 0.1) is 7.11 Å². The van der Waals surface area contributed by atoms with Crippen molar-refractivity contribution in [1.29, 1.82) is 0 Å². The number of benzene rings is 1. The van der Waals surface area contributed by atoms with E-state index in [-0.39, 0.29) is 12.4 Å². The minimum absolute atomic E-state index is 0. The Bertz CT molecular complexity index is 451. The van der Waals surface area contributed by atoms with Crippen LogP contribution in [0.15, 0.2) is 24.3 Å². The van der Waals surface area contributed by atoms with Gasteiger partial charge in [0.25, 0.3) is 0 Å². The maximum absolute atomic E-state index is 5.23. The zero-order valence-corrected chi connectivity index (χ0v) is 15.8. The molecule has 136 valence electrons. The highest BCUT2D eigenvalue weighted by Crippen LogP contribution is 2.24. The van der Waals surface area contributed by atoms with E-state index in [1.807, 2.05) is 0 Å². The summed E-state index contributed by atoms with van der Waals surface area (Å²) >= 11 is 0. The van der Waals surface area contributed by atoms with Gasteiger partial charge in [-0.1, -0.05) is 12.1 Å². The summed E-state index contributed by atoms with van der Waals surface area (Å²) in [6.45, 7) is 6.42. The van der Waals surface area contributed by atoms with Gasteiger partial charge in [-0.25, -0.2) is 0 Å². The Morgan fingerprint density at radius 3 is 2.29 bits per heavy atom. The molecule has 2 fully saturated rings. The van der Waals surface area contributed by atoms with Crippen LogP contribution in [0.2, 0.25) is 0 Å². The monoisotopic (exact) mass is 352 g/mol. The second-order valence-corrected chi connectivity index (χ2v) is 7.32. The second-order valence-electron chi connectivity index (χ2n) is 7.32. The molecule has 1 N–H and O–H groups in total. The molecule has 0 aromatic heterocycles. The fourth-order valence-corrected chi connectivity index (χ4v) is 4.05. The first-order valence-corrected chi connectivity index (χ1v) is 9.39. The van der Waals surface area contributed by atoms with Crippen LogP contribution in [0.5, 0.6) is 5.75 Å². The number of nitrogens with one attached hydrogen (secondary N) is 1. The number of ether oxygens (including phenoxy) is 1. The molecule has 0 saturated carbocycles. The summed E-state index contributed by atoms with van der Waals surface area (Å²) in [5.74, 6) is 2.81. The second kappa shape index (κ2) is 10.3. The van der Waals surface area contributed by atoms with Gasteiger partial charge < -0.3 is 15.0 Å². The van der Waals surface area contributed by atoms with Crippen molar-refractivity contribution in [3.8, 4) is 5.75 Å². The lowest BCUT2D eigenvalue weighted by atomic mass is 9.89. The van der Waals surface area contributed by atoms with E-state index >= 15 is 0 Å². The van der Waals surface area contributed by atoms with Gasteiger partial charge in [-0.05, 0) is 94.2 Å². The van der Waals surface area contributed by atoms with Crippen LogP contribution in [0, 0.1) is 11.8 Å². The van der Waals surface area contributed by atoms with Crippen LogP contribution < -0.4 is 10.1 Å². The van der Waals surface area contributed by atoms with E-state index in [4.69, 9.17) is 4.74 Å². The molecule has 0 amide bonds. The van der Waals surface area contributed by atoms with E-state index in [0.717, 1.165) is 17.6 Å². The van der Waals surface area contributed by atoms with E-state index in [2.05, 4.69) is 34.5 Å². The van der Waals surface area contributed by atoms with Gasteiger partial charge >= 0.3 is 0 Å². The van der Waals surface area contributed by atoms with Crippen LogP contribution in [-0.4, -0.2) is 44.7 Å². The highest BCUT2D eigenvalue weighted by molar-refractivity contribution is 5.85. The molecule has 0 spiro atoms. The maximum atomic E-state index is 5.23.